The van der Waals surface area contributed by atoms with Crippen LogP contribution in [-0.4, -0.2) is 40.8 Å². The van der Waals surface area contributed by atoms with Crippen LogP contribution in [0.5, 0.6) is 0 Å². The maximum Gasteiger partial charge on any atom is 0.317 e. The molecule has 0 aromatic carbocycles. The van der Waals surface area contributed by atoms with E-state index in [1.165, 1.54) is 0 Å². The van der Waals surface area contributed by atoms with Gasteiger partial charge < -0.3 is 15.3 Å². The second-order valence-electron chi connectivity index (χ2n) is 4.96. The van der Waals surface area contributed by atoms with Crippen molar-refractivity contribution in [1.29, 1.82) is 0 Å². The Balaban J connectivity index is 1.94. The van der Waals surface area contributed by atoms with Gasteiger partial charge in [-0.2, -0.15) is 0 Å². The highest BCUT2D eigenvalue weighted by molar-refractivity contribution is 5.75. The van der Waals surface area contributed by atoms with Gasteiger partial charge in [-0.3, -0.25) is 0 Å². The molecule has 1 heterocycles. The van der Waals surface area contributed by atoms with Crippen molar-refractivity contribution in [3.05, 3.63) is 0 Å². The SMILES string of the molecule is CC[C@@H](O)[C@H]1CCCCN1C(=O)NC1CC1. The molecule has 0 radical (unpaired) electrons. The molecule has 1 saturated carbocycles. The van der Waals surface area contributed by atoms with Gasteiger partial charge in [0.2, 0.25) is 0 Å². The summed E-state index contributed by atoms with van der Waals surface area (Å²) in [5, 5.41) is 12.9. The molecule has 92 valence electrons. The van der Waals surface area contributed by atoms with E-state index < -0.39 is 0 Å². The predicted molar refractivity (Wildman–Crippen MR) is 62.2 cm³/mol. The number of nitrogens with one attached hydrogen (secondary N) is 1. The molecule has 16 heavy (non-hydrogen) atoms. The number of hydrogen-bond acceptors (Lipinski definition) is 2. The third-order valence-corrected chi connectivity index (χ3v) is 3.58. The second kappa shape index (κ2) is 5.04. The third kappa shape index (κ3) is 2.67. The number of nitrogens with zero attached hydrogens (tertiary/aromatic N) is 1. The van der Waals surface area contributed by atoms with Crippen LogP contribution in [0.2, 0.25) is 0 Å². The lowest BCUT2D eigenvalue weighted by Gasteiger charge is -2.38. The summed E-state index contributed by atoms with van der Waals surface area (Å²) in [6.07, 6.45) is 5.69. The fourth-order valence-corrected chi connectivity index (χ4v) is 2.37. The number of aliphatic hydroxyl groups excluding tert-OH is 1. The number of aliphatic hydroxyl groups is 1. The molecule has 4 heteroatoms. The molecule has 4 nitrogen and oxygen atoms in total. The summed E-state index contributed by atoms with van der Waals surface area (Å²) in [5.41, 5.74) is 0. The molecule has 0 unspecified atom stereocenters. The van der Waals surface area contributed by atoms with E-state index in [-0.39, 0.29) is 18.2 Å². The summed E-state index contributed by atoms with van der Waals surface area (Å²) >= 11 is 0. The first-order valence-electron chi connectivity index (χ1n) is 6.47. The Morgan fingerprint density at radius 2 is 2.19 bits per heavy atom. The minimum Gasteiger partial charge on any atom is -0.391 e. The molecule has 1 aliphatic carbocycles. The highest BCUT2D eigenvalue weighted by atomic mass is 16.3. The molecule has 0 bridgehead atoms. The van der Waals surface area contributed by atoms with E-state index >= 15 is 0 Å². The van der Waals surface area contributed by atoms with Gasteiger partial charge in [0, 0.05) is 12.6 Å². The Morgan fingerprint density at radius 3 is 2.81 bits per heavy atom. The van der Waals surface area contributed by atoms with Crippen molar-refractivity contribution in [3.8, 4) is 0 Å². The number of rotatable bonds is 3. The van der Waals surface area contributed by atoms with E-state index in [9.17, 15) is 9.90 Å². The maximum atomic E-state index is 12.0. The van der Waals surface area contributed by atoms with Gasteiger partial charge in [0.1, 0.15) is 0 Å². The Labute approximate surface area is 97.0 Å². The third-order valence-electron chi connectivity index (χ3n) is 3.58. The molecule has 2 rings (SSSR count). The van der Waals surface area contributed by atoms with Crippen LogP contribution in [-0.2, 0) is 0 Å². The molecule has 0 aromatic heterocycles. The molecule has 0 spiro atoms. The quantitative estimate of drug-likeness (QED) is 0.766. The van der Waals surface area contributed by atoms with E-state index in [2.05, 4.69) is 5.32 Å². The van der Waals surface area contributed by atoms with E-state index in [0.717, 1.165) is 45.1 Å². The zero-order chi connectivity index (χ0) is 11.5. The van der Waals surface area contributed by atoms with Crippen molar-refractivity contribution >= 4 is 6.03 Å². The number of urea groups is 1. The van der Waals surface area contributed by atoms with Gasteiger partial charge >= 0.3 is 6.03 Å². The number of likely N-dealkylation sites (tertiary alicyclic amines) is 1. The lowest BCUT2D eigenvalue weighted by Crippen LogP contribution is -2.53. The van der Waals surface area contributed by atoms with Crippen LogP contribution < -0.4 is 5.32 Å². The van der Waals surface area contributed by atoms with Gasteiger partial charge in [0.15, 0.2) is 0 Å². The van der Waals surface area contributed by atoms with Crippen LogP contribution in [0.4, 0.5) is 4.79 Å². The van der Waals surface area contributed by atoms with Crippen LogP contribution in [0, 0.1) is 0 Å². The van der Waals surface area contributed by atoms with Crippen LogP contribution in [0.3, 0.4) is 0 Å². The van der Waals surface area contributed by atoms with Gasteiger partial charge in [-0.25, -0.2) is 4.79 Å². The van der Waals surface area contributed by atoms with E-state index in [0.29, 0.717) is 6.04 Å². The summed E-state index contributed by atoms with van der Waals surface area (Å²) in [6, 6.07) is 0.450. The average molecular weight is 226 g/mol. The smallest absolute Gasteiger partial charge is 0.317 e. The normalized spacial score (nSPS) is 27.6. The lowest BCUT2D eigenvalue weighted by molar-refractivity contribution is 0.0433. The minimum absolute atomic E-state index is 0.0255. The first kappa shape index (κ1) is 11.7. The van der Waals surface area contributed by atoms with Crippen LogP contribution in [0.15, 0.2) is 0 Å². The molecule has 2 fully saturated rings. The first-order valence-corrected chi connectivity index (χ1v) is 6.47. The van der Waals surface area contributed by atoms with Crippen molar-refractivity contribution in [2.45, 2.75) is 63.6 Å². The molecule has 2 amide bonds. The van der Waals surface area contributed by atoms with Crippen molar-refractivity contribution in [3.63, 3.8) is 0 Å². The molecule has 1 saturated heterocycles. The maximum absolute atomic E-state index is 12.0. The van der Waals surface area contributed by atoms with Gasteiger partial charge in [-0.1, -0.05) is 6.92 Å². The standard InChI is InChI=1S/C12H22N2O2/c1-2-11(15)10-5-3-4-8-14(10)12(16)13-9-6-7-9/h9-11,15H,2-8H2,1H3,(H,13,16)/t10-,11-/m1/s1. The van der Waals surface area contributed by atoms with E-state index in [4.69, 9.17) is 0 Å². The van der Waals surface area contributed by atoms with Crippen molar-refractivity contribution in [2.75, 3.05) is 6.54 Å². The molecule has 2 atom stereocenters. The highest BCUT2D eigenvalue weighted by Crippen LogP contribution is 2.23. The Morgan fingerprint density at radius 1 is 1.44 bits per heavy atom. The van der Waals surface area contributed by atoms with Gasteiger partial charge in [0.05, 0.1) is 12.1 Å². The fourth-order valence-electron chi connectivity index (χ4n) is 2.37. The number of hydrogen-bond donors (Lipinski definition) is 2. The summed E-state index contributed by atoms with van der Waals surface area (Å²) in [5.74, 6) is 0. The van der Waals surface area contributed by atoms with Crippen molar-refractivity contribution < 1.29 is 9.90 Å². The van der Waals surface area contributed by atoms with Gasteiger partial charge in [0.25, 0.3) is 0 Å². The summed E-state index contributed by atoms with van der Waals surface area (Å²) in [6.45, 7) is 2.76. The first-order chi connectivity index (χ1) is 7.72. The topological polar surface area (TPSA) is 52.6 Å². The molecule has 1 aliphatic heterocycles. The Hall–Kier alpha value is -0.770. The molecule has 2 aliphatic rings. The Bertz CT molecular complexity index is 253. The highest BCUT2D eigenvalue weighted by Gasteiger charge is 2.33. The number of carbonyl (C=O) groups excluding carboxylic acids is 1. The summed E-state index contributed by atoms with van der Waals surface area (Å²) in [4.78, 5) is 13.8. The molecular formula is C12H22N2O2. The number of carbonyl (C=O) groups is 1. The number of amides is 2. The van der Waals surface area contributed by atoms with Crippen LogP contribution in [0.1, 0.15) is 45.4 Å². The van der Waals surface area contributed by atoms with Crippen molar-refractivity contribution in [2.24, 2.45) is 0 Å². The zero-order valence-electron chi connectivity index (χ0n) is 9.98. The molecular weight excluding hydrogens is 204 g/mol. The van der Waals surface area contributed by atoms with Gasteiger partial charge in [-0.05, 0) is 38.5 Å². The lowest BCUT2D eigenvalue weighted by atomic mass is 9.96. The van der Waals surface area contributed by atoms with Crippen LogP contribution in [0.25, 0.3) is 0 Å². The van der Waals surface area contributed by atoms with Crippen molar-refractivity contribution in [1.82, 2.24) is 10.2 Å². The Kier molecular flexibility index (Phi) is 3.69. The fraction of sp³-hybridized carbons (Fsp3) is 0.917. The van der Waals surface area contributed by atoms with Crippen LogP contribution >= 0.6 is 0 Å². The second-order valence-corrected chi connectivity index (χ2v) is 4.96. The summed E-state index contributed by atoms with van der Waals surface area (Å²) in [7, 11) is 0. The molecule has 0 aromatic rings. The largest absolute Gasteiger partial charge is 0.391 e. The molecule has 2 N–H and O–H groups in total. The average Bonchev–Trinajstić information content (AvgIpc) is 3.12. The van der Waals surface area contributed by atoms with E-state index in [1.807, 2.05) is 11.8 Å². The van der Waals surface area contributed by atoms with E-state index in [1.54, 1.807) is 0 Å². The monoisotopic (exact) mass is 226 g/mol. The van der Waals surface area contributed by atoms with Gasteiger partial charge in [-0.15, -0.1) is 0 Å². The predicted octanol–water partition coefficient (Wildman–Crippen LogP) is 1.48. The summed E-state index contributed by atoms with van der Waals surface area (Å²) < 4.78 is 0. The minimum atomic E-state index is -0.370. The number of piperidine rings is 1. The zero-order valence-corrected chi connectivity index (χ0v) is 9.98.